The quantitative estimate of drug-likeness (QED) is 0.845. The number of nitrogens with zero attached hydrogens (tertiary/aromatic N) is 3. The van der Waals surface area contributed by atoms with Crippen LogP contribution >= 0.6 is 0 Å². The zero-order valence-corrected chi connectivity index (χ0v) is 15.9. The Hall–Kier alpha value is -2.83. The van der Waals surface area contributed by atoms with Gasteiger partial charge in [-0.1, -0.05) is 31.5 Å². The monoisotopic (exact) mass is 372 g/mol. The van der Waals surface area contributed by atoms with Crippen molar-refractivity contribution in [1.29, 1.82) is 0 Å². The lowest BCUT2D eigenvalue weighted by Crippen LogP contribution is -2.39. The number of aromatic nitrogens is 2. The number of halogens is 1. The fourth-order valence-corrected chi connectivity index (χ4v) is 2.48. The molecule has 144 valence electrons. The van der Waals surface area contributed by atoms with Crippen molar-refractivity contribution in [2.24, 2.45) is 5.92 Å². The third kappa shape index (κ3) is 6.13. The molecule has 1 aromatic heterocycles. The molecule has 1 aliphatic carbocycles. The van der Waals surface area contributed by atoms with Gasteiger partial charge in [0.05, 0.1) is 0 Å². The Bertz CT molecular complexity index is 752. The van der Waals surface area contributed by atoms with Crippen LogP contribution in [0.3, 0.4) is 0 Å². The molecule has 1 aliphatic rings. The summed E-state index contributed by atoms with van der Waals surface area (Å²) < 4.78 is 13.3. The Kier molecular flexibility index (Phi) is 7.40. The predicted molar refractivity (Wildman–Crippen MR) is 102 cm³/mol. The lowest BCUT2D eigenvalue weighted by atomic mass is 10.1. The molecular weight excluding hydrogens is 347 g/mol. The molecule has 7 heteroatoms. The molecule has 2 aromatic rings. The van der Waals surface area contributed by atoms with E-state index in [4.69, 9.17) is 0 Å². The van der Waals surface area contributed by atoms with Crippen molar-refractivity contribution in [2.45, 2.75) is 33.4 Å². The molecule has 0 radical (unpaired) electrons. The molecule has 1 fully saturated rings. The summed E-state index contributed by atoms with van der Waals surface area (Å²) in [6.45, 7) is 5.97. The number of amides is 2. The minimum absolute atomic E-state index is 0.171. The fraction of sp³-hybridized carbons (Fsp3) is 0.400. The summed E-state index contributed by atoms with van der Waals surface area (Å²) in [7, 11) is 0. The van der Waals surface area contributed by atoms with Gasteiger partial charge in [-0.05, 0) is 31.5 Å². The third-order valence-corrected chi connectivity index (χ3v) is 4.03. The van der Waals surface area contributed by atoms with Gasteiger partial charge < -0.3 is 4.90 Å². The second-order valence-electron chi connectivity index (χ2n) is 6.18. The van der Waals surface area contributed by atoms with Crippen LogP contribution in [0, 0.1) is 12.8 Å². The lowest BCUT2D eigenvalue weighted by Gasteiger charge is -2.22. The molecule has 1 saturated carbocycles. The predicted octanol–water partition coefficient (Wildman–Crippen LogP) is 3.25. The maximum atomic E-state index is 13.3. The van der Waals surface area contributed by atoms with E-state index in [1.54, 1.807) is 18.2 Å². The van der Waals surface area contributed by atoms with Gasteiger partial charge in [-0.25, -0.2) is 14.4 Å². The molecule has 2 amide bonds. The summed E-state index contributed by atoms with van der Waals surface area (Å²) >= 11 is 0. The number of anilines is 1. The standard InChI is InChI=1S/C18H19FN4O2.C2H6/c1-12-3-5-13(6-4-12)17(25)23(10-14-9-15(14)19)11-16(24)22-18-20-7-2-8-21-18;1-2/h2-8,14-15H,9-11H2,1H3,(H,20,21,22,24);1-2H3. The maximum Gasteiger partial charge on any atom is 0.254 e. The Morgan fingerprint density at radius 3 is 2.33 bits per heavy atom. The number of benzene rings is 1. The van der Waals surface area contributed by atoms with Gasteiger partial charge in [-0.3, -0.25) is 14.9 Å². The van der Waals surface area contributed by atoms with Crippen molar-refractivity contribution in [3.8, 4) is 0 Å². The molecule has 0 bridgehead atoms. The smallest absolute Gasteiger partial charge is 0.254 e. The number of aryl methyl sites for hydroxylation is 1. The molecule has 2 unspecified atom stereocenters. The minimum atomic E-state index is -0.895. The van der Waals surface area contributed by atoms with E-state index < -0.39 is 12.1 Å². The van der Waals surface area contributed by atoms with Crippen LogP contribution in [0.5, 0.6) is 0 Å². The number of hydrogen-bond donors (Lipinski definition) is 1. The molecule has 27 heavy (non-hydrogen) atoms. The van der Waals surface area contributed by atoms with Crippen molar-refractivity contribution < 1.29 is 14.0 Å². The number of alkyl halides is 1. The number of hydrogen-bond acceptors (Lipinski definition) is 4. The molecule has 1 aromatic carbocycles. The van der Waals surface area contributed by atoms with Crippen molar-refractivity contribution >= 4 is 17.8 Å². The Morgan fingerprint density at radius 1 is 1.19 bits per heavy atom. The number of rotatable bonds is 6. The highest BCUT2D eigenvalue weighted by molar-refractivity contribution is 5.98. The highest BCUT2D eigenvalue weighted by Crippen LogP contribution is 2.34. The third-order valence-electron chi connectivity index (χ3n) is 4.03. The second-order valence-corrected chi connectivity index (χ2v) is 6.18. The average molecular weight is 372 g/mol. The first-order chi connectivity index (χ1) is 13.0. The van der Waals surface area contributed by atoms with E-state index in [1.165, 1.54) is 17.3 Å². The summed E-state index contributed by atoms with van der Waals surface area (Å²) in [4.78, 5) is 34.1. The van der Waals surface area contributed by atoms with Gasteiger partial charge >= 0.3 is 0 Å². The molecular formula is C20H25FN4O2. The SMILES string of the molecule is CC.Cc1ccc(C(=O)N(CC(=O)Nc2ncccn2)CC2CC2F)cc1. The highest BCUT2D eigenvalue weighted by Gasteiger charge is 2.40. The first-order valence-electron chi connectivity index (χ1n) is 9.10. The largest absolute Gasteiger partial charge is 0.329 e. The van der Waals surface area contributed by atoms with Crippen LogP contribution in [0.4, 0.5) is 10.3 Å². The number of carbonyl (C=O) groups excluding carboxylic acids is 2. The topological polar surface area (TPSA) is 75.2 Å². The van der Waals surface area contributed by atoms with E-state index in [-0.39, 0.29) is 30.9 Å². The summed E-state index contributed by atoms with van der Waals surface area (Å²) in [5.41, 5.74) is 1.51. The van der Waals surface area contributed by atoms with Crippen molar-refractivity contribution in [2.75, 3.05) is 18.4 Å². The number of nitrogens with one attached hydrogen (secondary N) is 1. The van der Waals surface area contributed by atoms with Crippen molar-refractivity contribution in [3.05, 3.63) is 53.9 Å². The van der Waals surface area contributed by atoms with Crippen LogP contribution in [-0.2, 0) is 4.79 Å². The van der Waals surface area contributed by atoms with Gasteiger partial charge in [0.25, 0.3) is 5.91 Å². The van der Waals surface area contributed by atoms with Crippen LogP contribution in [0.1, 0.15) is 36.2 Å². The van der Waals surface area contributed by atoms with Gasteiger partial charge in [-0.15, -0.1) is 0 Å². The zero-order chi connectivity index (χ0) is 19.8. The first kappa shape index (κ1) is 20.5. The van der Waals surface area contributed by atoms with E-state index in [1.807, 2.05) is 32.9 Å². The van der Waals surface area contributed by atoms with Crippen LogP contribution in [-0.4, -0.2) is 45.9 Å². The van der Waals surface area contributed by atoms with Gasteiger partial charge in [0.1, 0.15) is 12.7 Å². The first-order valence-corrected chi connectivity index (χ1v) is 9.10. The Balaban J connectivity index is 0.00000126. The molecule has 2 atom stereocenters. The molecule has 1 N–H and O–H groups in total. The van der Waals surface area contributed by atoms with Crippen LogP contribution in [0.15, 0.2) is 42.7 Å². The van der Waals surface area contributed by atoms with Gasteiger partial charge in [-0.2, -0.15) is 0 Å². The molecule has 0 saturated heterocycles. The van der Waals surface area contributed by atoms with E-state index in [0.717, 1.165) is 5.56 Å². The van der Waals surface area contributed by atoms with Crippen molar-refractivity contribution in [1.82, 2.24) is 14.9 Å². The van der Waals surface area contributed by atoms with Crippen molar-refractivity contribution in [3.63, 3.8) is 0 Å². The summed E-state index contributed by atoms with van der Waals surface area (Å²) in [6, 6.07) is 8.72. The van der Waals surface area contributed by atoms with E-state index in [2.05, 4.69) is 15.3 Å². The van der Waals surface area contributed by atoms with Crippen LogP contribution < -0.4 is 5.32 Å². The van der Waals surface area contributed by atoms with Gasteiger partial charge in [0, 0.05) is 30.4 Å². The van der Waals surface area contributed by atoms with Crippen LogP contribution in [0.25, 0.3) is 0 Å². The fourth-order valence-electron chi connectivity index (χ4n) is 2.48. The van der Waals surface area contributed by atoms with E-state index in [0.29, 0.717) is 12.0 Å². The maximum absolute atomic E-state index is 13.3. The number of carbonyl (C=O) groups is 2. The zero-order valence-electron chi connectivity index (χ0n) is 15.9. The lowest BCUT2D eigenvalue weighted by molar-refractivity contribution is -0.117. The minimum Gasteiger partial charge on any atom is -0.329 e. The van der Waals surface area contributed by atoms with E-state index >= 15 is 0 Å². The molecule has 6 nitrogen and oxygen atoms in total. The normalized spacial score (nSPS) is 17.3. The average Bonchev–Trinajstić information content (AvgIpc) is 3.38. The summed E-state index contributed by atoms with van der Waals surface area (Å²) in [6.07, 6.45) is 2.56. The summed E-state index contributed by atoms with van der Waals surface area (Å²) in [5, 5.41) is 2.54. The summed E-state index contributed by atoms with van der Waals surface area (Å²) in [5.74, 6) is -0.730. The molecule has 3 rings (SSSR count). The second kappa shape index (κ2) is 9.75. The molecule has 0 spiro atoms. The molecule has 1 heterocycles. The van der Waals surface area contributed by atoms with Gasteiger partial charge in [0.2, 0.25) is 11.9 Å². The Labute approximate surface area is 158 Å². The Morgan fingerprint density at radius 2 is 1.78 bits per heavy atom. The van der Waals surface area contributed by atoms with Gasteiger partial charge in [0.15, 0.2) is 0 Å². The van der Waals surface area contributed by atoms with Crippen LogP contribution in [0.2, 0.25) is 0 Å². The van der Waals surface area contributed by atoms with E-state index in [9.17, 15) is 14.0 Å². The molecule has 0 aliphatic heterocycles. The highest BCUT2D eigenvalue weighted by atomic mass is 19.1.